The van der Waals surface area contributed by atoms with Gasteiger partial charge in [-0.25, -0.2) is 9.97 Å². The van der Waals surface area contributed by atoms with Crippen LogP contribution < -0.4 is 5.32 Å². The number of pyridine rings is 1. The van der Waals surface area contributed by atoms with Crippen molar-refractivity contribution in [2.24, 2.45) is 18.9 Å². The first-order valence-corrected chi connectivity index (χ1v) is 9.14. The van der Waals surface area contributed by atoms with E-state index in [4.69, 9.17) is 4.98 Å². The highest BCUT2D eigenvalue weighted by atomic mass is 16.1. The molecule has 1 saturated carbocycles. The van der Waals surface area contributed by atoms with Gasteiger partial charge in [-0.3, -0.25) is 4.79 Å². The standard InChI is InChI=1S/C19H28N4O/c1-13(2)12-16(22-19(24)14-8-5-4-6-9-14)18-21-15-10-7-11-20-17(15)23(18)3/h7,10-11,13-14,16H,4-6,8-9,12H2,1-3H3,(H,22,24). The van der Waals surface area contributed by atoms with Crippen molar-refractivity contribution in [2.75, 3.05) is 0 Å². The lowest BCUT2D eigenvalue weighted by Gasteiger charge is -2.25. The zero-order valence-corrected chi connectivity index (χ0v) is 15.0. The molecular weight excluding hydrogens is 300 g/mol. The minimum absolute atomic E-state index is 0.0568. The van der Waals surface area contributed by atoms with Crippen molar-refractivity contribution in [3.63, 3.8) is 0 Å². The largest absolute Gasteiger partial charge is 0.346 e. The number of nitrogens with zero attached hydrogens (tertiary/aromatic N) is 3. The van der Waals surface area contributed by atoms with E-state index in [-0.39, 0.29) is 17.9 Å². The lowest BCUT2D eigenvalue weighted by Crippen LogP contribution is -2.36. The molecule has 1 amide bonds. The molecule has 1 unspecified atom stereocenters. The Labute approximate surface area is 143 Å². The summed E-state index contributed by atoms with van der Waals surface area (Å²) in [5, 5.41) is 3.29. The van der Waals surface area contributed by atoms with Gasteiger partial charge in [0.1, 0.15) is 11.3 Å². The summed E-state index contributed by atoms with van der Waals surface area (Å²) in [4.78, 5) is 21.9. The van der Waals surface area contributed by atoms with E-state index in [1.54, 1.807) is 6.20 Å². The summed E-state index contributed by atoms with van der Waals surface area (Å²) in [5.74, 6) is 1.75. The predicted molar refractivity (Wildman–Crippen MR) is 95.4 cm³/mol. The Morgan fingerprint density at radius 3 is 2.75 bits per heavy atom. The number of aromatic nitrogens is 3. The van der Waals surface area contributed by atoms with Crippen LogP contribution in [0.2, 0.25) is 0 Å². The zero-order valence-electron chi connectivity index (χ0n) is 15.0. The molecule has 24 heavy (non-hydrogen) atoms. The van der Waals surface area contributed by atoms with Crippen LogP contribution in [0.5, 0.6) is 0 Å². The van der Waals surface area contributed by atoms with E-state index in [1.165, 1.54) is 19.3 Å². The summed E-state index contributed by atoms with van der Waals surface area (Å²) in [7, 11) is 1.98. The lowest BCUT2D eigenvalue weighted by molar-refractivity contribution is -0.126. The summed E-state index contributed by atoms with van der Waals surface area (Å²) in [6.07, 6.45) is 8.30. The summed E-state index contributed by atoms with van der Waals surface area (Å²) >= 11 is 0. The molecule has 1 fully saturated rings. The second kappa shape index (κ2) is 7.32. The van der Waals surface area contributed by atoms with Crippen LogP contribution in [0.1, 0.15) is 64.2 Å². The maximum absolute atomic E-state index is 12.7. The van der Waals surface area contributed by atoms with Gasteiger partial charge in [0.2, 0.25) is 5.91 Å². The molecule has 1 N–H and O–H groups in total. The van der Waals surface area contributed by atoms with E-state index < -0.39 is 0 Å². The number of hydrogen-bond donors (Lipinski definition) is 1. The summed E-state index contributed by atoms with van der Waals surface area (Å²) in [6, 6.07) is 3.82. The number of aryl methyl sites for hydroxylation is 1. The molecule has 0 saturated heterocycles. The molecule has 5 nitrogen and oxygen atoms in total. The molecule has 0 spiro atoms. The zero-order chi connectivity index (χ0) is 17.1. The third kappa shape index (κ3) is 3.60. The molecule has 3 rings (SSSR count). The number of carbonyl (C=O) groups excluding carboxylic acids is 1. The van der Waals surface area contributed by atoms with Crippen LogP contribution in [0.4, 0.5) is 0 Å². The summed E-state index contributed by atoms with van der Waals surface area (Å²) in [6.45, 7) is 4.36. The highest BCUT2D eigenvalue weighted by Crippen LogP contribution is 2.27. The Hall–Kier alpha value is -1.91. The van der Waals surface area contributed by atoms with Gasteiger partial charge < -0.3 is 9.88 Å². The van der Waals surface area contributed by atoms with E-state index in [9.17, 15) is 4.79 Å². The van der Waals surface area contributed by atoms with Gasteiger partial charge in [-0.05, 0) is 37.3 Å². The van der Waals surface area contributed by atoms with Gasteiger partial charge in [0, 0.05) is 19.2 Å². The second-order valence-corrected chi connectivity index (χ2v) is 7.40. The van der Waals surface area contributed by atoms with Crippen LogP contribution in [0.15, 0.2) is 18.3 Å². The van der Waals surface area contributed by atoms with E-state index in [1.807, 2.05) is 23.7 Å². The SMILES string of the molecule is CC(C)CC(NC(=O)C1CCCCC1)c1nc2cccnc2n1C. The summed E-state index contributed by atoms with van der Waals surface area (Å²) in [5.41, 5.74) is 1.75. The number of fused-ring (bicyclic) bond motifs is 1. The Bertz CT molecular complexity index is 700. The van der Waals surface area contributed by atoms with Crippen LogP contribution in [0.25, 0.3) is 11.2 Å². The van der Waals surface area contributed by atoms with Crippen molar-refractivity contribution in [2.45, 2.75) is 58.4 Å². The minimum atomic E-state index is -0.0568. The highest BCUT2D eigenvalue weighted by Gasteiger charge is 2.27. The molecule has 2 aromatic heterocycles. The van der Waals surface area contributed by atoms with Crippen molar-refractivity contribution >= 4 is 17.1 Å². The Morgan fingerprint density at radius 1 is 1.33 bits per heavy atom. The average molecular weight is 328 g/mol. The van der Waals surface area contributed by atoms with Gasteiger partial charge in [-0.1, -0.05) is 33.1 Å². The molecule has 130 valence electrons. The van der Waals surface area contributed by atoms with E-state index in [0.717, 1.165) is 36.3 Å². The monoisotopic (exact) mass is 328 g/mol. The number of hydrogen-bond acceptors (Lipinski definition) is 3. The van der Waals surface area contributed by atoms with E-state index in [2.05, 4.69) is 24.1 Å². The molecular formula is C19H28N4O. The number of imidazole rings is 1. The third-order valence-corrected chi connectivity index (χ3v) is 4.97. The van der Waals surface area contributed by atoms with Gasteiger partial charge in [-0.15, -0.1) is 0 Å². The molecule has 1 atom stereocenters. The first kappa shape index (κ1) is 16.9. The lowest BCUT2D eigenvalue weighted by atomic mass is 9.88. The van der Waals surface area contributed by atoms with Crippen LogP contribution in [-0.2, 0) is 11.8 Å². The first-order chi connectivity index (χ1) is 11.6. The smallest absolute Gasteiger partial charge is 0.223 e. The average Bonchev–Trinajstić information content (AvgIpc) is 2.92. The molecule has 2 heterocycles. The van der Waals surface area contributed by atoms with Gasteiger partial charge in [-0.2, -0.15) is 0 Å². The molecule has 1 aliphatic carbocycles. The predicted octanol–water partition coefficient (Wildman–Crippen LogP) is 3.75. The minimum Gasteiger partial charge on any atom is -0.346 e. The van der Waals surface area contributed by atoms with Crippen LogP contribution in [-0.4, -0.2) is 20.4 Å². The Kier molecular flexibility index (Phi) is 5.17. The van der Waals surface area contributed by atoms with E-state index >= 15 is 0 Å². The molecule has 0 bridgehead atoms. The maximum Gasteiger partial charge on any atom is 0.223 e. The maximum atomic E-state index is 12.7. The second-order valence-electron chi connectivity index (χ2n) is 7.40. The topological polar surface area (TPSA) is 59.8 Å². The fourth-order valence-corrected chi connectivity index (χ4v) is 3.71. The van der Waals surface area contributed by atoms with Crippen LogP contribution in [0, 0.1) is 11.8 Å². The van der Waals surface area contributed by atoms with Gasteiger partial charge in [0.05, 0.1) is 6.04 Å². The van der Waals surface area contributed by atoms with Gasteiger partial charge in [0.15, 0.2) is 5.65 Å². The van der Waals surface area contributed by atoms with Crippen LogP contribution >= 0.6 is 0 Å². The highest BCUT2D eigenvalue weighted by molar-refractivity contribution is 5.79. The van der Waals surface area contributed by atoms with Crippen molar-refractivity contribution < 1.29 is 4.79 Å². The summed E-state index contributed by atoms with van der Waals surface area (Å²) < 4.78 is 2.02. The van der Waals surface area contributed by atoms with Crippen molar-refractivity contribution in [3.05, 3.63) is 24.2 Å². The number of amides is 1. The van der Waals surface area contributed by atoms with E-state index in [0.29, 0.717) is 5.92 Å². The molecule has 0 radical (unpaired) electrons. The molecule has 2 aromatic rings. The Balaban J connectivity index is 1.84. The van der Waals surface area contributed by atoms with Crippen LogP contribution in [0.3, 0.4) is 0 Å². The number of rotatable bonds is 5. The normalized spacial score (nSPS) is 17.3. The fraction of sp³-hybridized carbons (Fsp3) is 0.632. The molecule has 0 aromatic carbocycles. The Morgan fingerprint density at radius 2 is 2.08 bits per heavy atom. The third-order valence-electron chi connectivity index (χ3n) is 4.97. The number of carbonyl (C=O) groups is 1. The van der Waals surface area contributed by atoms with Gasteiger partial charge in [0.25, 0.3) is 0 Å². The van der Waals surface area contributed by atoms with Crippen molar-refractivity contribution in [1.82, 2.24) is 19.9 Å². The molecule has 0 aliphatic heterocycles. The molecule has 5 heteroatoms. The van der Waals surface area contributed by atoms with Gasteiger partial charge >= 0.3 is 0 Å². The fourth-order valence-electron chi connectivity index (χ4n) is 3.71. The van der Waals surface area contributed by atoms with Crippen molar-refractivity contribution in [3.8, 4) is 0 Å². The van der Waals surface area contributed by atoms with Crippen molar-refractivity contribution in [1.29, 1.82) is 0 Å². The first-order valence-electron chi connectivity index (χ1n) is 9.14. The number of nitrogens with one attached hydrogen (secondary N) is 1. The molecule has 1 aliphatic rings. The quantitative estimate of drug-likeness (QED) is 0.909.